The smallest absolute Gasteiger partial charge is 0.309 e. The highest BCUT2D eigenvalue weighted by atomic mass is 16.5. The molecule has 0 saturated heterocycles. The van der Waals surface area contributed by atoms with E-state index < -0.39 is 0 Å². The second kappa shape index (κ2) is 12.5. The number of rotatable bonds is 8. The summed E-state index contributed by atoms with van der Waals surface area (Å²) in [6, 6.07) is 11.0. The molecule has 0 N–H and O–H groups in total. The van der Waals surface area contributed by atoms with Crippen LogP contribution in [0.4, 0.5) is 0 Å². The minimum Gasteiger partial charge on any atom is -0.462 e. The molecule has 2 aliphatic rings. The predicted molar refractivity (Wildman–Crippen MR) is 125 cm³/mol. The van der Waals surface area contributed by atoms with Gasteiger partial charge in [-0.2, -0.15) is 5.26 Å². The van der Waals surface area contributed by atoms with Gasteiger partial charge in [-0.05, 0) is 93.6 Å². The standard InChI is InChI=1S/C28H37NO2/c1-2-22-9-13-24(14-10-22)25-15-17-26(18-16-25)28(30)31-27-19-11-23(12-20-27)8-6-4-3-5-7-21-29/h3-5,7,9-10,13-14,23,25-27H,2,6,8,11-12,15-20H2,1H3/b4-3+,7-5?. The largest absolute Gasteiger partial charge is 0.462 e. The highest BCUT2D eigenvalue weighted by Crippen LogP contribution is 2.37. The Bertz CT molecular complexity index is 770. The Labute approximate surface area is 188 Å². The van der Waals surface area contributed by atoms with Crippen molar-refractivity contribution in [1.82, 2.24) is 0 Å². The fraction of sp³-hybridized carbons (Fsp3) is 0.571. The summed E-state index contributed by atoms with van der Waals surface area (Å²) < 4.78 is 5.93. The van der Waals surface area contributed by atoms with Gasteiger partial charge in [0, 0.05) is 6.08 Å². The average Bonchev–Trinajstić information content (AvgIpc) is 2.82. The van der Waals surface area contributed by atoms with E-state index >= 15 is 0 Å². The molecule has 0 amide bonds. The number of carbonyl (C=O) groups excluding carboxylic acids is 1. The van der Waals surface area contributed by atoms with Crippen LogP contribution >= 0.6 is 0 Å². The Morgan fingerprint density at radius 3 is 2.39 bits per heavy atom. The first-order valence-electron chi connectivity index (χ1n) is 12.2. The second-order valence-electron chi connectivity index (χ2n) is 9.22. The molecule has 0 radical (unpaired) electrons. The molecule has 2 saturated carbocycles. The van der Waals surface area contributed by atoms with Gasteiger partial charge in [0.05, 0.1) is 12.0 Å². The normalized spacial score (nSPS) is 26.7. The molecule has 0 unspecified atom stereocenters. The van der Waals surface area contributed by atoms with E-state index in [0.29, 0.717) is 5.92 Å². The van der Waals surface area contributed by atoms with Crippen molar-refractivity contribution >= 4 is 5.97 Å². The zero-order valence-electron chi connectivity index (χ0n) is 19.0. The van der Waals surface area contributed by atoms with Gasteiger partial charge in [-0.3, -0.25) is 4.79 Å². The summed E-state index contributed by atoms with van der Waals surface area (Å²) in [4.78, 5) is 12.7. The van der Waals surface area contributed by atoms with Crippen LogP contribution in [0.2, 0.25) is 0 Å². The lowest BCUT2D eigenvalue weighted by Gasteiger charge is -2.31. The van der Waals surface area contributed by atoms with Crippen molar-refractivity contribution in [2.24, 2.45) is 11.8 Å². The Morgan fingerprint density at radius 1 is 1.03 bits per heavy atom. The van der Waals surface area contributed by atoms with Crippen molar-refractivity contribution in [3.05, 3.63) is 59.7 Å². The number of nitriles is 1. The van der Waals surface area contributed by atoms with E-state index in [2.05, 4.69) is 37.3 Å². The fourth-order valence-corrected chi connectivity index (χ4v) is 5.09. The topological polar surface area (TPSA) is 50.1 Å². The Kier molecular flexibility index (Phi) is 9.40. The molecule has 0 spiro atoms. The molecule has 166 valence electrons. The summed E-state index contributed by atoms with van der Waals surface area (Å²) in [6.45, 7) is 2.19. The van der Waals surface area contributed by atoms with Crippen LogP contribution in [0, 0.1) is 23.2 Å². The van der Waals surface area contributed by atoms with Crippen LogP contribution in [0.5, 0.6) is 0 Å². The highest BCUT2D eigenvalue weighted by Gasteiger charge is 2.31. The molecule has 0 aliphatic heterocycles. The fourth-order valence-electron chi connectivity index (χ4n) is 5.09. The van der Waals surface area contributed by atoms with Crippen LogP contribution < -0.4 is 0 Å². The van der Waals surface area contributed by atoms with Crippen molar-refractivity contribution in [1.29, 1.82) is 5.26 Å². The summed E-state index contributed by atoms with van der Waals surface area (Å²) >= 11 is 0. The van der Waals surface area contributed by atoms with Gasteiger partial charge < -0.3 is 4.74 Å². The van der Waals surface area contributed by atoms with E-state index in [4.69, 9.17) is 10.00 Å². The highest BCUT2D eigenvalue weighted by molar-refractivity contribution is 5.72. The zero-order chi connectivity index (χ0) is 21.9. The number of benzene rings is 1. The Morgan fingerprint density at radius 2 is 1.74 bits per heavy atom. The van der Waals surface area contributed by atoms with Gasteiger partial charge >= 0.3 is 5.97 Å². The van der Waals surface area contributed by atoms with Gasteiger partial charge in [-0.15, -0.1) is 0 Å². The third-order valence-electron chi connectivity index (χ3n) is 7.16. The third-order valence-corrected chi connectivity index (χ3v) is 7.16. The molecule has 31 heavy (non-hydrogen) atoms. The number of hydrogen-bond acceptors (Lipinski definition) is 3. The van der Waals surface area contributed by atoms with Crippen LogP contribution in [-0.2, 0) is 16.0 Å². The SMILES string of the molecule is CCc1ccc(C2CCC(C(=O)OC3CCC(CC/C=C/C=CC#N)CC3)CC2)cc1. The van der Waals surface area contributed by atoms with Gasteiger partial charge in [-0.1, -0.05) is 49.4 Å². The van der Waals surface area contributed by atoms with E-state index in [9.17, 15) is 4.79 Å². The van der Waals surface area contributed by atoms with Crippen LogP contribution in [-0.4, -0.2) is 12.1 Å². The molecule has 1 aromatic carbocycles. The van der Waals surface area contributed by atoms with Crippen molar-refractivity contribution < 1.29 is 9.53 Å². The lowest BCUT2D eigenvalue weighted by atomic mass is 9.78. The molecule has 2 aliphatic carbocycles. The number of esters is 1. The number of carbonyl (C=O) groups is 1. The number of hydrogen-bond donors (Lipinski definition) is 0. The van der Waals surface area contributed by atoms with Crippen LogP contribution in [0.1, 0.15) is 88.2 Å². The maximum Gasteiger partial charge on any atom is 0.309 e. The van der Waals surface area contributed by atoms with Crippen LogP contribution in [0.15, 0.2) is 48.6 Å². The summed E-state index contributed by atoms with van der Waals surface area (Å²) in [5.41, 5.74) is 2.82. The number of allylic oxidation sites excluding steroid dienone is 4. The van der Waals surface area contributed by atoms with E-state index in [-0.39, 0.29) is 18.0 Å². The third kappa shape index (κ3) is 7.39. The minimum atomic E-state index is 0.0513. The maximum atomic E-state index is 12.7. The lowest BCUT2D eigenvalue weighted by Crippen LogP contribution is -2.29. The molecule has 0 atom stereocenters. The van der Waals surface area contributed by atoms with Gasteiger partial charge in [0.1, 0.15) is 6.10 Å². The van der Waals surface area contributed by atoms with E-state index in [1.165, 1.54) is 23.6 Å². The molecule has 0 bridgehead atoms. The Hall–Kier alpha value is -2.34. The second-order valence-corrected chi connectivity index (χ2v) is 9.22. The number of nitrogens with zero attached hydrogens (tertiary/aromatic N) is 1. The molecule has 3 rings (SSSR count). The first kappa shape index (κ1) is 23.3. The summed E-state index contributed by atoms with van der Waals surface area (Å²) in [6.07, 6.45) is 19.2. The average molecular weight is 420 g/mol. The number of aryl methyl sites for hydroxylation is 1. The van der Waals surface area contributed by atoms with Crippen LogP contribution in [0.3, 0.4) is 0 Å². The number of ether oxygens (including phenoxy) is 1. The minimum absolute atomic E-state index is 0.0513. The van der Waals surface area contributed by atoms with E-state index in [0.717, 1.165) is 70.1 Å². The summed E-state index contributed by atoms with van der Waals surface area (Å²) in [5.74, 6) is 1.47. The molecule has 0 aromatic heterocycles. The van der Waals surface area contributed by atoms with Gasteiger partial charge in [0.15, 0.2) is 0 Å². The van der Waals surface area contributed by atoms with E-state index in [1.54, 1.807) is 6.08 Å². The predicted octanol–water partition coefficient (Wildman–Crippen LogP) is 7.04. The first-order chi connectivity index (χ1) is 15.2. The van der Waals surface area contributed by atoms with Crippen molar-refractivity contribution in [2.45, 2.75) is 89.6 Å². The van der Waals surface area contributed by atoms with Crippen molar-refractivity contribution in [3.63, 3.8) is 0 Å². The lowest BCUT2D eigenvalue weighted by molar-refractivity contribution is -0.157. The Balaban J connectivity index is 1.34. The quantitative estimate of drug-likeness (QED) is 0.258. The molecular formula is C28H37NO2. The molecule has 2 fully saturated rings. The zero-order valence-corrected chi connectivity index (χ0v) is 19.0. The van der Waals surface area contributed by atoms with Crippen molar-refractivity contribution in [3.8, 4) is 6.07 Å². The molecular weight excluding hydrogens is 382 g/mol. The van der Waals surface area contributed by atoms with Gasteiger partial charge in [0.25, 0.3) is 0 Å². The summed E-state index contributed by atoms with van der Waals surface area (Å²) in [5, 5.41) is 8.47. The molecule has 3 heteroatoms. The van der Waals surface area contributed by atoms with Gasteiger partial charge in [-0.25, -0.2) is 0 Å². The maximum absolute atomic E-state index is 12.7. The van der Waals surface area contributed by atoms with Crippen LogP contribution in [0.25, 0.3) is 0 Å². The van der Waals surface area contributed by atoms with E-state index in [1.807, 2.05) is 12.1 Å². The first-order valence-corrected chi connectivity index (χ1v) is 12.2. The molecule has 0 heterocycles. The molecule has 3 nitrogen and oxygen atoms in total. The van der Waals surface area contributed by atoms with Crippen molar-refractivity contribution in [2.75, 3.05) is 0 Å². The molecule has 1 aromatic rings. The van der Waals surface area contributed by atoms with Gasteiger partial charge in [0.2, 0.25) is 0 Å². The summed E-state index contributed by atoms with van der Waals surface area (Å²) in [7, 11) is 0. The monoisotopic (exact) mass is 419 g/mol.